The van der Waals surface area contributed by atoms with E-state index >= 15 is 0 Å². The average molecular weight is 385 g/mol. The molecule has 8 heteroatoms. The number of likely N-dealkylation sites (tertiary alicyclic amines) is 1. The van der Waals surface area contributed by atoms with Crippen molar-refractivity contribution < 1.29 is 9.53 Å². The summed E-state index contributed by atoms with van der Waals surface area (Å²) in [5.41, 5.74) is 1.43. The van der Waals surface area contributed by atoms with Crippen molar-refractivity contribution in [1.82, 2.24) is 23.6 Å². The van der Waals surface area contributed by atoms with Crippen molar-refractivity contribution >= 4 is 22.7 Å². The number of ether oxygens (including phenoxy) is 1. The van der Waals surface area contributed by atoms with Crippen molar-refractivity contribution in [1.29, 1.82) is 0 Å². The smallest absolute Gasteiger partial charge is 0.352 e. The van der Waals surface area contributed by atoms with Crippen LogP contribution in [0.15, 0.2) is 29.1 Å². The molecule has 3 heterocycles. The van der Waals surface area contributed by atoms with Crippen LogP contribution in [0.4, 0.5) is 0 Å². The molecule has 0 bridgehead atoms. The van der Waals surface area contributed by atoms with Crippen LogP contribution in [0.2, 0.25) is 0 Å². The fraction of sp³-hybridized carbons (Fsp3) is 0.550. The van der Waals surface area contributed by atoms with Gasteiger partial charge in [0.25, 0.3) is 0 Å². The van der Waals surface area contributed by atoms with Gasteiger partial charge in [-0.05, 0) is 30.4 Å². The number of carbonyl (C=O) groups excluding carboxylic acids is 1. The molecule has 1 fully saturated rings. The molecule has 0 spiro atoms. The molecule has 1 aliphatic heterocycles. The van der Waals surface area contributed by atoms with Crippen LogP contribution < -0.4 is 5.69 Å². The molecule has 0 radical (unpaired) electrons. The van der Waals surface area contributed by atoms with Gasteiger partial charge in [-0.3, -0.25) is 4.79 Å². The monoisotopic (exact) mass is 385 g/mol. The van der Waals surface area contributed by atoms with Crippen molar-refractivity contribution in [2.24, 2.45) is 11.8 Å². The van der Waals surface area contributed by atoms with Crippen LogP contribution in [-0.4, -0.2) is 56.4 Å². The van der Waals surface area contributed by atoms with E-state index in [1.807, 2.05) is 33.7 Å². The molecule has 0 aliphatic carbocycles. The number of nitrogens with zero attached hydrogens (tertiary/aromatic N) is 5. The highest BCUT2D eigenvalue weighted by molar-refractivity contribution is 5.81. The second-order valence-corrected chi connectivity index (χ2v) is 7.95. The highest BCUT2D eigenvalue weighted by Gasteiger charge is 2.27. The topological polar surface area (TPSA) is 73.8 Å². The van der Waals surface area contributed by atoms with Crippen molar-refractivity contribution in [3.63, 3.8) is 0 Å². The number of hydrogen-bond donors (Lipinski definition) is 0. The number of fused-ring (bicyclic) bond motifs is 3. The molecule has 4 rings (SSSR count). The number of para-hydroxylation sites is 2. The van der Waals surface area contributed by atoms with E-state index in [-0.39, 0.29) is 18.1 Å². The predicted octanol–water partition coefficient (Wildman–Crippen LogP) is 1.60. The second-order valence-electron chi connectivity index (χ2n) is 7.95. The lowest BCUT2D eigenvalue weighted by Gasteiger charge is -2.34. The first-order chi connectivity index (χ1) is 13.5. The second kappa shape index (κ2) is 7.43. The maximum Gasteiger partial charge on any atom is 0.352 e. The molecule has 3 aromatic rings. The van der Waals surface area contributed by atoms with Gasteiger partial charge in [0, 0.05) is 26.7 Å². The Kier molecular flexibility index (Phi) is 4.97. The van der Waals surface area contributed by atoms with E-state index in [1.165, 1.54) is 4.68 Å². The van der Waals surface area contributed by atoms with Crippen LogP contribution >= 0.6 is 0 Å². The van der Waals surface area contributed by atoms with Crippen LogP contribution in [0.1, 0.15) is 20.3 Å². The fourth-order valence-electron chi connectivity index (χ4n) is 4.37. The molecule has 1 aliphatic rings. The molecule has 2 aromatic heterocycles. The van der Waals surface area contributed by atoms with Gasteiger partial charge in [0.05, 0.1) is 17.6 Å². The van der Waals surface area contributed by atoms with Gasteiger partial charge in [-0.2, -0.15) is 0 Å². The molecule has 0 saturated carbocycles. The summed E-state index contributed by atoms with van der Waals surface area (Å²) in [7, 11) is 1.65. The van der Waals surface area contributed by atoms with Crippen molar-refractivity contribution in [2.75, 3.05) is 26.8 Å². The molecule has 1 saturated heterocycles. The highest BCUT2D eigenvalue weighted by Crippen LogP contribution is 2.21. The standard InChI is InChI=1S/C20H27N5O3/c1-14-10-15(2)12-22(11-14)18(26)13-24-20(27)25-17-7-5-4-6-16(17)23(8-9-28-3)19(25)21-24/h4-7,14-15H,8-13H2,1-3H3/t14-,15-/m0/s1. The van der Waals surface area contributed by atoms with E-state index in [0.717, 1.165) is 30.5 Å². The van der Waals surface area contributed by atoms with Crippen molar-refractivity contribution in [2.45, 2.75) is 33.4 Å². The third kappa shape index (κ3) is 3.22. The summed E-state index contributed by atoms with van der Waals surface area (Å²) in [6, 6.07) is 7.69. The number of hydrogen-bond acceptors (Lipinski definition) is 4. The predicted molar refractivity (Wildman–Crippen MR) is 106 cm³/mol. The normalized spacial score (nSPS) is 20.3. The molecule has 1 aromatic carbocycles. The lowest BCUT2D eigenvalue weighted by molar-refractivity contribution is -0.134. The SMILES string of the molecule is COCCn1c2ccccc2n2c(=O)n(CC(=O)N3C[C@@H](C)C[C@H](C)C3)nc12. The van der Waals surface area contributed by atoms with Crippen LogP contribution in [0.5, 0.6) is 0 Å². The maximum atomic E-state index is 13.0. The Morgan fingerprint density at radius 2 is 1.86 bits per heavy atom. The molecular formula is C20H27N5O3. The Morgan fingerprint density at radius 3 is 2.54 bits per heavy atom. The summed E-state index contributed by atoms with van der Waals surface area (Å²) in [6.45, 7) is 6.88. The third-order valence-electron chi connectivity index (χ3n) is 5.50. The number of rotatable bonds is 5. The summed E-state index contributed by atoms with van der Waals surface area (Å²) < 4.78 is 10.0. The number of benzene rings is 1. The minimum absolute atomic E-state index is 0.0292. The molecule has 28 heavy (non-hydrogen) atoms. The Morgan fingerprint density at radius 1 is 1.18 bits per heavy atom. The molecule has 0 N–H and O–H groups in total. The Balaban J connectivity index is 1.70. The third-order valence-corrected chi connectivity index (χ3v) is 5.50. The van der Waals surface area contributed by atoms with Gasteiger partial charge < -0.3 is 14.2 Å². The van der Waals surface area contributed by atoms with Gasteiger partial charge in [-0.15, -0.1) is 5.10 Å². The first kappa shape index (κ1) is 18.7. The van der Waals surface area contributed by atoms with Gasteiger partial charge in [0.1, 0.15) is 6.54 Å². The lowest BCUT2D eigenvalue weighted by Crippen LogP contribution is -2.45. The Labute approximate surface area is 163 Å². The Hall–Kier alpha value is -2.61. The number of aromatic nitrogens is 4. The summed E-state index contributed by atoms with van der Waals surface area (Å²) in [4.78, 5) is 27.7. The number of imidazole rings is 1. The summed E-state index contributed by atoms with van der Waals surface area (Å²) in [6.07, 6.45) is 1.13. The van der Waals surface area contributed by atoms with E-state index in [9.17, 15) is 9.59 Å². The zero-order chi connectivity index (χ0) is 19.8. The Bertz CT molecular complexity index is 1050. The first-order valence-corrected chi connectivity index (χ1v) is 9.83. The maximum absolute atomic E-state index is 13.0. The average Bonchev–Trinajstić information content (AvgIpc) is 3.14. The summed E-state index contributed by atoms with van der Waals surface area (Å²) in [5, 5.41) is 4.50. The lowest BCUT2D eigenvalue weighted by atomic mass is 9.92. The number of carbonyl (C=O) groups is 1. The van der Waals surface area contributed by atoms with Gasteiger partial charge in [0.2, 0.25) is 11.7 Å². The fourth-order valence-corrected chi connectivity index (χ4v) is 4.37. The highest BCUT2D eigenvalue weighted by atomic mass is 16.5. The van der Waals surface area contributed by atoms with E-state index in [0.29, 0.717) is 30.8 Å². The van der Waals surface area contributed by atoms with E-state index in [1.54, 1.807) is 11.5 Å². The zero-order valence-corrected chi connectivity index (χ0v) is 16.7. The molecule has 1 amide bonds. The first-order valence-electron chi connectivity index (χ1n) is 9.83. The van der Waals surface area contributed by atoms with E-state index in [4.69, 9.17) is 4.74 Å². The summed E-state index contributed by atoms with van der Waals surface area (Å²) in [5.74, 6) is 1.45. The number of piperidine rings is 1. The van der Waals surface area contributed by atoms with E-state index < -0.39 is 0 Å². The largest absolute Gasteiger partial charge is 0.383 e. The zero-order valence-electron chi connectivity index (χ0n) is 16.7. The minimum atomic E-state index is -0.283. The van der Waals surface area contributed by atoms with Gasteiger partial charge >= 0.3 is 5.69 Å². The van der Waals surface area contributed by atoms with Crippen molar-refractivity contribution in [3.05, 3.63) is 34.7 Å². The van der Waals surface area contributed by atoms with Crippen LogP contribution in [0.3, 0.4) is 0 Å². The molecule has 150 valence electrons. The van der Waals surface area contributed by atoms with E-state index in [2.05, 4.69) is 18.9 Å². The van der Waals surface area contributed by atoms with Crippen molar-refractivity contribution in [3.8, 4) is 0 Å². The molecule has 2 atom stereocenters. The minimum Gasteiger partial charge on any atom is -0.383 e. The number of amides is 1. The number of methoxy groups -OCH3 is 1. The molecule has 8 nitrogen and oxygen atoms in total. The summed E-state index contributed by atoms with van der Waals surface area (Å²) >= 11 is 0. The quantitative estimate of drug-likeness (QED) is 0.669. The van der Waals surface area contributed by atoms with Gasteiger partial charge in [-0.25, -0.2) is 13.9 Å². The van der Waals surface area contributed by atoms with Crippen LogP contribution in [0, 0.1) is 11.8 Å². The van der Waals surface area contributed by atoms with Crippen LogP contribution in [-0.2, 0) is 22.6 Å². The molecular weight excluding hydrogens is 358 g/mol. The molecule has 0 unspecified atom stereocenters. The van der Waals surface area contributed by atoms with Crippen LogP contribution in [0.25, 0.3) is 16.8 Å². The van der Waals surface area contributed by atoms with Gasteiger partial charge in [0.15, 0.2) is 0 Å². The van der Waals surface area contributed by atoms with Gasteiger partial charge in [-0.1, -0.05) is 26.0 Å².